The van der Waals surface area contributed by atoms with Gasteiger partial charge in [-0.2, -0.15) is 0 Å². The summed E-state index contributed by atoms with van der Waals surface area (Å²) in [6.45, 7) is 2.78. The number of para-hydroxylation sites is 1. The molecule has 1 fully saturated rings. The Balaban J connectivity index is 2.03. The first-order valence-electron chi connectivity index (χ1n) is 4.30. The Bertz CT molecular complexity index is 297. The van der Waals surface area contributed by atoms with E-state index in [4.69, 9.17) is 21.1 Å². The van der Waals surface area contributed by atoms with E-state index in [0.717, 1.165) is 12.4 Å². The summed E-state index contributed by atoms with van der Waals surface area (Å²) in [6.07, 6.45) is 0.330. The molecule has 2 atom stereocenters. The van der Waals surface area contributed by atoms with E-state index in [0.29, 0.717) is 5.02 Å². The van der Waals surface area contributed by atoms with E-state index in [1.165, 1.54) is 0 Å². The Morgan fingerprint density at radius 2 is 2.23 bits per heavy atom. The van der Waals surface area contributed by atoms with Crippen molar-refractivity contribution in [2.24, 2.45) is 0 Å². The molecular weight excluding hydrogens is 188 g/mol. The van der Waals surface area contributed by atoms with Crippen molar-refractivity contribution >= 4 is 11.6 Å². The average Bonchev–Trinajstić information content (AvgIpc) is 2.91. The average molecular weight is 199 g/mol. The van der Waals surface area contributed by atoms with E-state index in [1.54, 1.807) is 0 Å². The van der Waals surface area contributed by atoms with Crippen molar-refractivity contribution in [2.45, 2.75) is 19.1 Å². The molecular formula is C10H11ClO2. The summed E-state index contributed by atoms with van der Waals surface area (Å²) < 4.78 is 10.7. The van der Waals surface area contributed by atoms with Crippen molar-refractivity contribution in [1.29, 1.82) is 0 Å². The second-order valence-electron chi connectivity index (χ2n) is 3.13. The molecule has 0 spiro atoms. The lowest BCUT2D eigenvalue weighted by molar-refractivity contribution is 0.176. The van der Waals surface area contributed by atoms with Crippen molar-refractivity contribution in [3.63, 3.8) is 0 Å². The van der Waals surface area contributed by atoms with Gasteiger partial charge in [0, 0.05) is 0 Å². The SMILES string of the molecule is CC(Oc1ccccc1Cl)C1CO1. The topological polar surface area (TPSA) is 21.8 Å². The normalized spacial score (nSPS) is 22.5. The fourth-order valence-electron chi connectivity index (χ4n) is 1.14. The fourth-order valence-corrected chi connectivity index (χ4v) is 1.32. The molecule has 1 saturated heterocycles. The van der Waals surface area contributed by atoms with Gasteiger partial charge in [-0.25, -0.2) is 0 Å². The van der Waals surface area contributed by atoms with Crippen LogP contribution in [0.15, 0.2) is 24.3 Å². The molecule has 1 aromatic carbocycles. The van der Waals surface area contributed by atoms with Gasteiger partial charge in [-0.3, -0.25) is 0 Å². The van der Waals surface area contributed by atoms with Crippen LogP contribution < -0.4 is 4.74 Å². The fraction of sp³-hybridized carbons (Fsp3) is 0.400. The number of halogens is 1. The third-order valence-corrected chi connectivity index (χ3v) is 2.34. The Kier molecular flexibility index (Phi) is 2.42. The Morgan fingerprint density at radius 3 is 2.85 bits per heavy atom. The van der Waals surface area contributed by atoms with E-state index in [2.05, 4.69) is 0 Å². The standard InChI is InChI=1S/C10H11ClO2/c1-7(10-6-12-10)13-9-5-3-2-4-8(9)11/h2-5,7,10H,6H2,1H3. The molecule has 0 aliphatic carbocycles. The van der Waals surface area contributed by atoms with Crippen molar-refractivity contribution in [3.8, 4) is 5.75 Å². The molecule has 0 bridgehead atoms. The molecule has 2 rings (SSSR count). The van der Waals surface area contributed by atoms with Gasteiger partial charge < -0.3 is 9.47 Å². The highest BCUT2D eigenvalue weighted by molar-refractivity contribution is 6.32. The second-order valence-corrected chi connectivity index (χ2v) is 3.53. The Hall–Kier alpha value is -0.730. The lowest BCUT2D eigenvalue weighted by atomic mass is 10.3. The van der Waals surface area contributed by atoms with Gasteiger partial charge in [0.05, 0.1) is 11.6 Å². The Labute approximate surface area is 82.4 Å². The third kappa shape index (κ3) is 2.14. The number of hydrogen-bond acceptors (Lipinski definition) is 2. The van der Waals surface area contributed by atoms with Crippen LogP contribution in [0.25, 0.3) is 0 Å². The predicted octanol–water partition coefficient (Wildman–Crippen LogP) is 2.51. The van der Waals surface area contributed by atoms with Gasteiger partial charge in [-0.1, -0.05) is 23.7 Å². The summed E-state index contributed by atoms with van der Waals surface area (Å²) in [6, 6.07) is 7.47. The zero-order valence-corrected chi connectivity index (χ0v) is 8.12. The molecule has 70 valence electrons. The zero-order chi connectivity index (χ0) is 9.26. The first kappa shape index (κ1) is 8.85. The first-order chi connectivity index (χ1) is 6.27. The molecule has 3 heteroatoms. The summed E-state index contributed by atoms with van der Waals surface area (Å²) in [5.41, 5.74) is 0. The number of ether oxygens (including phenoxy) is 2. The van der Waals surface area contributed by atoms with Gasteiger partial charge in [0.25, 0.3) is 0 Å². The number of benzene rings is 1. The highest BCUT2D eigenvalue weighted by Crippen LogP contribution is 2.27. The molecule has 0 amide bonds. The molecule has 2 unspecified atom stereocenters. The van der Waals surface area contributed by atoms with Crippen molar-refractivity contribution in [3.05, 3.63) is 29.3 Å². The molecule has 1 aromatic rings. The van der Waals surface area contributed by atoms with E-state index < -0.39 is 0 Å². The number of epoxide rings is 1. The maximum absolute atomic E-state index is 5.93. The molecule has 2 nitrogen and oxygen atoms in total. The summed E-state index contributed by atoms with van der Waals surface area (Å²) >= 11 is 5.93. The van der Waals surface area contributed by atoms with Gasteiger partial charge in [-0.15, -0.1) is 0 Å². The number of hydrogen-bond donors (Lipinski definition) is 0. The highest BCUT2D eigenvalue weighted by Gasteiger charge is 2.31. The Morgan fingerprint density at radius 1 is 1.54 bits per heavy atom. The molecule has 1 heterocycles. The van der Waals surface area contributed by atoms with Crippen LogP contribution in [0.3, 0.4) is 0 Å². The summed E-state index contributed by atoms with van der Waals surface area (Å²) in [7, 11) is 0. The van der Waals surface area contributed by atoms with E-state index >= 15 is 0 Å². The molecule has 1 aliphatic heterocycles. The van der Waals surface area contributed by atoms with Gasteiger partial charge in [0.1, 0.15) is 18.0 Å². The molecule has 0 radical (unpaired) electrons. The molecule has 13 heavy (non-hydrogen) atoms. The van der Waals surface area contributed by atoms with Crippen molar-refractivity contribution < 1.29 is 9.47 Å². The van der Waals surface area contributed by atoms with Crippen LogP contribution in [-0.4, -0.2) is 18.8 Å². The molecule has 0 aromatic heterocycles. The van der Waals surface area contributed by atoms with Crippen LogP contribution in [0.2, 0.25) is 5.02 Å². The maximum atomic E-state index is 5.93. The minimum atomic E-state index is 0.0832. The van der Waals surface area contributed by atoms with Crippen LogP contribution in [0, 0.1) is 0 Å². The molecule has 0 N–H and O–H groups in total. The lowest BCUT2D eigenvalue weighted by Gasteiger charge is -2.12. The van der Waals surface area contributed by atoms with Crippen molar-refractivity contribution in [1.82, 2.24) is 0 Å². The van der Waals surface area contributed by atoms with E-state index in [-0.39, 0.29) is 12.2 Å². The summed E-state index contributed by atoms with van der Waals surface area (Å²) in [4.78, 5) is 0. The van der Waals surface area contributed by atoms with Crippen molar-refractivity contribution in [2.75, 3.05) is 6.61 Å². The highest BCUT2D eigenvalue weighted by atomic mass is 35.5. The van der Waals surface area contributed by atoms with Crippen LogP contribution in [0.1, 0.15) is 6.92 Å². The summed E-state index contributed by atoms with van der Waals surface area (Å²) in [5.74, 6) is 0.729. The predicted molar refractivity (Wildman–Crippen MR) is 51.3 cm³/mol. The van der Waals surface area contributed by atoms with Gasteiger partial charge in [0.2, 0.25) is 0 Å². The van der Waals surface area contributed by atoms with E-state index in [1.807, 2.05) is 31.2 Å². The van der Waals surface area contributed by atoms with Gasteiger partial charge >= 0.3 is 0 Å². The van der Waals surface area contributed by atoms with Crippen LogP contribution in [0.5, 0.6) is 5.75 Å². The molecule has 1 aliphatic rings. The van der Waals surface area contributed by atoms with Crippen LogP contribution in [-0.2, 0) is 4.74 Å². The number of rotatable bonds is 3. The minimum absolute atomic E-state index is 0.0832. The zero-order valence-electron chi connectivity index (χ0n) is 7.37. The summed E-state index contributed by atoms with van der Waals surface area (Å²) in [5, 5.41) is 0.648. The smallest absolute Gasteiger partial charge is 0.138 e. The largest absolute Gasteiger partial charge is 0.486 e. The van der Waals surface area contributed by atoms with Gasteiger partial charge in [0.15, 0.2) is 0 Å². The second kappa shape index (κ2) is 3.56. The van der Waals surface area contributed by atoms with Crippen LogP contribution >= 0.6 is 11.6 Å². The van der Waals surface area contributed by atoms with E-state index in [9.17, 15) is 0 Å². The monoisotopic (exact) mass is 198 g/mol. The lowest BCUT2D eigenvalue weighted by Crippen LogP contribution is -2.18. The van der Waals surface area contributed by atoms with Crippen LogP contribution in [0.4, 0.5) is 0 Å². The first-order valence-corrected chi connectivity index (χ1v) is 4.68. The maximum Gasteiger partial charge on any atom is 0.138 e. The molecule has 0 saturated carbocycles. The van der Waals surface area contributed by atoms with Gasteiger partial charge in [-0.05, 0) is 19.1 Å². The minimum Gasteiger partial charge on any atom is -0.486 e. The third-order valence-electron chi connectivity index (χ3n) is 2.03. The quantitative estimate of drug-likeness (QED) is 0.697.